The van der Waals surface area contributed by atoms with E-state index in [9.17, 15) is 4.79 Å². The van der Waals surface area contributed by atoms with Crippen LogP contribution in [0.2, 0.25) is 0 Å². The summed E-state index contributed by atoms with van der Waals surface area (Å²) in [6.07, 6.45) is 2.61. The lowest BCUT2D eigenvalue weighted by atomic mass is 9.72. The van der Waals surface area contributed by atoms with Crippen LogP contribution in [-0.2, 0) is 4.79 Å². The second kappa shape index (κ2) is 4.48. The third-order valence-corrected chi connectivity index (χ3v) is 3.16. The molecule has 0 saturated carbocycles. The number of rotatable bonds is 5. The maximum absolute atomic E-state index is 10.9. The minimum Gasteiger partial charge on any atom is -0.481 e. The Morgan fingerprint density at radius 2 is 1.75 bits per heavy atom. The topological polar surface area (TPSA) is 37.3 Å². The van der Waals surface area contributed by atoms with E-state index in [0.717, 1.165) is 19.3 Å². The number of aliphatic carboxylic acids is 1. The van der Waals surface area contributed by atoms with Crippen molar-refractivity contribution in [3.8, 4) is 0 Å². The molecule has 0 bridgehead atoms. The Bertz CT molecular complexity index is 148. The van der Waals surface area contributed by atoms with E-state index < -0.39 is 5.97 Å². The van der Waals surface area contributed by atoms with E-state index in [-0.39, 0.29) is 11.3 Å². The van der Waals surface area contributed by atoms with Crippen molar-refractivity contribution in [2.45, 2.75) is 47.0 Å². The molecule has 0 saturated heterocycles. The van der Waals surface area contributed by atoms with Crippen LogP contribution in [-0.4, -0.2) is 11.1 Å². The van der Waals surface area contributed by atoms with Crippen LogP contribution in [0, 0.1) is 11.3 Å². The number of hydrogen-bond acceptors (Lipinski definition) is 1. The number of carbonyl (C=O) groups is 1. The molecule has 0 aliphatic carbocycles. The van der Waals surface area contributed by atoms with E-state index >= 15 is 0 Å². The Labute approximate surface area is 75.0 Å². The summed E-state index contributed by atoms with van der Waals surface area (Å²) in [5, 5.41) is 8.97. The molecule has 2 nitrogen and oxygen atoms in total. The van der Waals surface area contributed by atoms with Gasteiger partial charge in [-0.05, 0) is 24.7 Å². The quantitative estimate of drug-likeness (QED) is 0.692. The molecule has 0 rings (SSSR count). The first kappa shape index (κ1) is 11.5. The van der Waals surface area contributed by atoms with Gasteiger partial charge in [-0.3, -0.25) is 4.79 Å². The van der Waals surface area contributed by atoms with Gasteiger partial charge in [-0.15, -0.1) is 0 Å². The Hall–Kier alpha value is -0.530. The fraction of sp³-hybridized carbons (Fsp3) is 0.900. The van der Waals surface area contributed by atoms with Crippen molar-refractivity contribution in [1.29, 1.82) is 0 Å². The predicted molar refractivity (Wildman–Crippen MR) is 50.1 cm³/mol. The van der Waals surface area contributed by atoms with Gasteiger partial charge >= 0.3 is 5.97 Å². The monoisotopic (exact) mass is 172 g/mol. The minimum absolute atomic E-state index is 0.0272. The number of carboxylic acid groups (broad SMARTS) is 1. The van der Waals surface area contributed by atoms with Crippen LogP contribution in [0.4, 0.5) is 0 Å². The van der Waals surface area contributed by atoms with Gasteiger partial charge in [0.05, 0.1) is 5.92 Å². The standard InChI is InChI=1S/C10H20O2/c1-5-8(9(11)12)10(4,6-2)7-3/h8H,5-7H2,1-4H3,(H,11,12). The van der Waals surface area contributed by atoms with Gasteiger partial charge in [-0.2, -0.15) is 0 Å². The maximum Gasteiger partial charge on any atom is 0.307 e. The van der Waals surface area contributed by atoms with Gasteiger partial charge in [0.2, 0.25) is 0 Å². The third-order valence-electron chi connectivity index (χ3n) is 3.16. The zero-order chi connectivity index (χ0) is 9.78. The molecule has 0 radical (unpaired) electrons. The SMILES string of the molecule is CCC(C(=O)O)C(C)(CC)CC. The molecular formula is C10H20O2. The average molecular weight is 172 g/mol. The third kappa shape index (κ3) is 2.23. The smallest absolute Gasteiger partial charge is 0.307 e. The second-order valence-corrected chi connectivity index (χ2v) is 3.66. The maximum atomic E-state index is 10.9. The summed E-state index contributed by atoms with van der Waals surface area (Å²) in [6, 6.07) is 0. The van der Waals surface area contributed by atoms with Crippen LogP contribution in [0.3, 0.4) is 0 Å². The molecule has 0 fully saturated rings. The molecule has 0 amide bonds. The Morgan fingerprint density at radius 1 is 1.33 bits per heavy atom. The summed E-state index contributed by atoms with van der Waals surface area (Å²) in [5.74, 6) is -0.837. The zero-order valence-corrected chi connectivity index (χ0v) is 8.55. The van der Waals surface area contributed by atoms with Crippen molar-refractivity contribution in [3.63, 3.8) is 0 Å². The summed E-state index contributed by atoms with van der Waals surface area (Å²) < 4.78 is 0. The first-order valence-electron chi connectivity index (χ1n) is 4.74. The van der Waals surface area contributed by atoms with Crippen molar-refractivity contribution >= 4 is 5.97 Å². The molecule has 0 spiro atoms. The lowest BCUT2D eigenvalue weighted by Gasteiger charge is -2.32. The van der Waals surface area contributed by atoms with Gasteiger partial charge in [0, 0.05) is 0 Å². The lowest BCUT2D eigenvalue weighted by molar-refractivity contribution is -0.146. The van der Waals surface area contributed by atoms with Crippen LogP contribution in [0.15, 0.2) is 0 Å². The number of hydrogen-bond donors (Lipinski definition) is 1. The van der Waals surface area contributed by atoms with Gasteiger partial charge in [-0.1, -0.05) is 27.7 Å². The molecule has 1 N–H and O–H groups in total. The molecule has 0 aromatic rings. The van der Waals surface area contributed by atoms with Gasteiger partial charge < -0.3 is 5.11 Å². The van der Waals surface area contributed by atoms with Gasteiger partial charge in [-0.25, -0.2) is 0 Å². The Balaban J connectivity index is 4.54. The zero-order valence-electron chi connectivity index (χ0n) is 8.55. The number of carboxylic acids is 1. The van der Waals surface area contributed by atoms with E-state index in [2.05, 4.69) is 20.8 Å². The van der Waals surface area contributed by atoms with Gasteiger partial charge in [0.1, 0.15) is 0 Å². The van der Waals surface area contributed by atoms with E-state index in [1.54, 1.807) is 0 Å². The Morgan fingerprint density at radius 3 is 1.83 bits per heavy atom. The van der Waals surface area contributed by atoms with E-state index in [1.807, 2.05) is 6.92 Å². The van der Waals surface area contributed by atoms with Crippen LogP contribution in [0.5, 0.6) is 0 Å². The summed E-state index contributed by atoms with van der Waals surface area (Å²) in [4.78, 5) is 10.9. The lowest BCUT2D eigenvalue weighted by Crippen LogP contribution is -2.31. The molecule has 1 unspecified atom stereocenters. The van der Waals surface area contributed by atoms with Crippen molar-refractivity contribution in [1.82, 2.24) is 0 Å². The molecule has 0 aliphatic heterocycles. The fourth-order valence-corrected chi connectivity index (χ4v) is 1.71. The molecule has 2 heteroatoms. The van der Waals surface area contributed by atoms with Crippen molar-refractivity contribution < 1.29 is 9.90 Å². The first-order chi connectivity index (χ1) is 5.51. The normalized spacial score (nSPS) is 14.3. The van der Waals surface area contributed by atoms with Crippen molar-refractivity contribution in [3.05, 3.63) is 0 Å². The highest BCUT2D eigenvalue weighted by Gasteiger charge is 2.34. The van der Waals surface area contributed by atoms with Gasteiger partial charge in [0.15, 0.2) is 0 Å². The summed E-state index contributed by atoms with van der Waals surface area (Å²) >= 11 is 0. The van der Waals surface area contributed by atoms with E-state index in [1.165, 1.54) is 0 Å². The van der Waals surface area contributed by atoms with Crippen LogP contribution in [0.1, 0.15) is 47.0 Å². The molecule has 0 aromatic carbocycles. The van der Waals surface area contributed by atoms with Gasteiger partial charge in [0.25, 0.3) is 0 Å². The first-order valence-corrected chi connectivity index (χ1v) is 4.74. The van der Waals surface area contributed by atoms with Crippen LogP contribution < -0.4 is 0 Å². The van der Waals surface area contributed by atoms with Crippen LogP contribution in [0.25, 0.3) is 0 Å². The molecule has 0 aliphatic rings. The predicted octanol–water partition coefficient (Wildman–Crippen LogP) is 2.92. The molecule has 1 atom stereocenters. The minimum atomic E-state index is -0.649. The molecule has 0 aromatic heterocycles. The molecule has 0 heterocycles. The highest BCUT2D eigenvalue weighted by molar-refractivity contribution is 5.70. The average Bonchev–Trinajstić information content (AvgIpc) is 2.04. The highest BCUT2D eigenvalue weighted by atomic mass is 16.4. The van der Waals surface area contributed by atoms with Crippen LogP contribution >= 0.6 is 0 Å². The van der Waals surface area contributed by atoms with E-state index in [0.29, 0.717) is 0 Å². The highest BCUT2D eigenvalue weighted by Crippen LogP contribution is 2.36. The second-order valence-electron chi connectivity index (χ2n) is 3.66. The van der Waals surface area contributed by atoms with Crippen molar-refractivity contribution in [2.75, 3.05) is 0 Å². The fourth-order valence-electron chi connectivity index (χ4n) is 1.71. The Kier molecular flexibility index (Phi) is 4.29. The molecule has 12 heavy (non-hydrogen) atoms. The summed E-state index contributed by atoms with van der Waals surface area (Å²) in [7, 11) is 0. The molecular weight excluding hydrogens is 152 g/mol. The largest absolute Gasteiger partial charge is 0.481 e. The summed E-state index contributed by atoms with van der Waals surface area (Å²) in [6.45, 7) is 8.14. The van der Waals surface area contributed by atoms with Crippen molar-refractivity contribution in [2.24, 2.45) is 11.3 Å². The molecule has 72 valence electrons. The summed E-state index contributed by atoms with van der Waals surface area (Å²) in [5.41, 5.74) is -0.0272. The van der Waals surface area contributed by atoms with E-state index in [4.69, 9.17) is 5.11 Å².